The number of rotatable bonds is 7. The van der Waals surface area contributed by atoms with Crippen molar-refractivity contribution < 1.29 is 29.3 Å². The molecular weight excluding hydrogens is 340 g/mol. The van der Waals surface area contributed by atoms with Crippen LogP contribution in [0.2, 0.25) is 0 Å². The second-order valence-electron chi connectivity index (χ2n) is 5.46. The Kier molecular flexibility index (Phi) is 5.79. The molecule has 8 nitrogen and oxygen atoms in total. The van der Waals surface area contributed by atoms with Crippen LogP contribution in [0.3, 0.4) is 0 Å². The number of carbonyl (C=O) groups excluding carboxylic acids is 1. The number of hydrogen-bond acceptors (Lipinski definition) is 5. The minimum absolute atomic E-state index is 0.0529. The van der Waals surface area contributed by atoms with Crippen LogP contribution in [0.4, 0.5) is 11.4 Å². The highest BCUT2D eigenvalue weighted by Gasteiger charge is 2.14. The molecule has 0 aliphatic carbocycles. The Balaban J connectivity index is 2.25. The summed E-state index contributed by atoms with van der Waals surface area (Å²) in [5, 5.41) is 20.6. The van der Waals surface area contributed by atoms with Crippen LogP contribution in [0.25, 0.3) is 0 Å². The number of anilines is 2. The summed E-state index contributed by atoms with van der Waals surface area (Å²) in [6.45, 7) is 2.45. The number of carboxylic acid groups (broad SMARTS) is 2. The molecule has 0 saturated heterocycles. The molecule has 0 spiro atoms. The summed E-state index contributed by atoms with van der Waals surface area (Å²) >= 11 is 0. The number of carboxylic acids is 2. The van der Waals surface area contributed by atoms with Crippen molar-refractivity contribution in [1.82, 2.24) is 0 Å². The van der Waals surface area contributed by atoms with Crippen LogP contribution < -0.4 is 15.8 Å². The highest BCUT2D eigenvalue weighted by molar-refractivity contribution is 6.06. The Morgan fingerprint density at radius 3 is 2.12 bits per heavy atom. The van der Waals surface area contributed by atoms with Crippen LogP contribution in [0.15, 0.2) is 36.4 Å². The maximum atomic E-state index is 12.4. The zero-order chi connectivity index (χ0) is 19.3. The van der Waals surface area contributed by atoms with Gasteiger partial charge in [0.2, 0.25) is 0 Å². The average molecular weight is 358 g/mol. The Morgan fingerprint density at radius 1 is 1.00 bits per heavy atom. The molecule has 2 aromatic rings. The van der Waals surface area contributed by atoms with Crippen molar-refractivity contribution in [3.05, 3.63) is 53.1 Å². The lowest BCUT2D eigenvalue weighted by Gasteiger charge is -2.11. The molecule has 2 aromatic carbocycles. The summed E-state index contributed by atoms with van der Waals surface area (Å²) in [4.78, 5) is 34.6. The third kappa shape index (κ3) is 4.50. The Bertz CT molecular complexity index is 831. The second kappa shape index (κ2) is 8.02. The summed E-state index contributed by atoms with van der Waals surface area (Å²) in [6, 6.07) is 7.87. The van der Waals surface area contributed by atoms with Gasteiger partial charge in [0.25, 0.3) is 5.91 Å². The average Bonchev–Trinajstić information content (AvgIpc) is 2.60. The molecule has 0 bridgehead atoms. The van der Waals surface area contributed by atoms with Crippen LogP contribution in [0, 0.1) is 0 Å². The molecule has 0 radical (unpaired) electrons. The van der Waals surface area contributed by atoms with Gasteiger partial charge in [-0.2, -0.15) is 0 Å². The number of nitrogens with two attached hydrogens (primary N) is 1. The molecule has 1 amide bonds. The molecule has 2 rings (SSSR count). The lowest BCUT2D eigenvalue weighted by molar-refractivity contribution is 0.0696. The molecule has 0 aromatic heterocycles. The predicted octanol–water partition coefficient (Wildman–Crippen LogP) is 2.71. The largest absolute Gasteiger partial charge is 0.491 e. The topological polar surface area (TPSA) is 139 Å². The second-order valence-corrected chi connectivity index (χ2v) is 5.46. The van der Waals surface area contributed by atoms with Crippen molar-refractivity contribution in [2.24, 2.45) is 0 Å². The number of benzene rings is 2. The Morgan fingerprint density at radius 2 is 1.62 bits per heavy atom. The van der Waals surface area contributed by atoms with E-state index in [1.807, 2.05) is 6.92 Å². The van der Waals surface area contributed by atoms with Gasteiger partial charge in [-0.25, -0.2) is 9.59 Å². The predicted molar refractivity (Wildman–Crippen MR) is 95.0 cm³/mol. The number of nitrogen functional groups attached to an aromatic ring is 1. The number of carbonyl (C=O) groups is 3. The van der Waals surface area contributed by atoms with E-state index in [4.69, 9.17) is 20.7 Å². The summed E-state index contributed by atoms with van der Waals surface area (Å²) in [5.74, 6) is -2.70. The summed E-state index contributed by atoms with van der Waals surface area (Å²) in [6.07, 6.45) is 0.813. The quantitative estimate of drug-likeness (QED) is 0.558. The van der Waals surface area contributed by atoms with E-state index in [9.17, 15) is 14.4 Å². The number of ether oxygens (including phenoxy) is 1. The first-order valence-electron chi connectivity index (χ1n) is 7.77. The van der Waals surface area contributed by atoms with Gasteiger partial charge in [0.1, 0.15) is 5.75 Å². The van der Waals surface area contributed by atoms with Gasteiger partial charge in [-0.1, -0.05) is 6.92 Å². The minimum Gasteiger partial charge on any atom is -0.491 e. The third-order valence-corrected chi connectivity index (χ3v) is 3.42. The molecule has 0 unspecified atom stereocenters. The molecular formula is C18H18N2O6. The van der Waals surface area contributed by atoms with Crippen LogP contribution >= 0.6 is 0 Å². The van der Waals surface area contributed by atoms with Gasteiger partial charge in [-0.15, -0.1) is 0 Å². The number of nitrogens with one attached hydrogen (secondary N) is 1. The van der Waals surface area contributed by atoms with E-state index in [0.717, 1.165) is 12.5 Å². The maximum absolute atomic E-state index is 12.4. The minimum atomic E-state index is -1.30. The highest BCUT2D eigenvalue weighted by atomic mass is 16.5. The van der Waals surface area contributed by atoms with E-state index in [2.05, 4.69) is 5.32 Å². The van der Waals surface area contributed by atoms with Crippen molar-refractivity contribution in [2.45, 2.75) is 13.3 Å². The first kappa shape index (κ1) is 18.8. The van der Waals surface area contributed by atoms with Crippen LogP contribution in [0.1, 0.15) is 44.4 Å². The first-order valence-corrected chi connectivity index (χ1v) is 7.77. The molecule has 0 heterocycles. The molecule has 136 valence electrons. The zero-order valence-electron chi connectivity index (χ0n) is 14.0. The Hall–Kier alpha value is -3.55. The molecule has 0 fully saturated rings. The van der Waals surface area contributed by atoms with Crippen molar-refractivity contribution in [3.8, 4) is 5.75 Å². The third-order valence-electron chi connectivity index (χ3n) is 3.42. The van der Waals surface area contributed by atoms with E-state index in [1.165, 1.54) is 24.3 Å². The lowest BCUT2D eigenvalue weighted by Crippen LogP contribution is -2.14. The Labute approximate surface area is 149 Å². The van der Waals surface area contributed by atoms with Crippen molar-refractivity contribution >= 4 is 29.2 Å². The molecule has 0 atom stereocenters. The SMILES string of the molecule is CCCOc1ccc(C(=O)Nc2cc(C(=O)O)cc(C(=O)O)c2)cc1N. The molecule has 0 aliphatic rings. The van der Waals surface area contributed by atoms with E-state index in [0.29, 0.717) is 12.4 Å². The standard InChI is InChI=1S/C18H18N2O6/c1-2-5-26-15-4-3-10(9-14(15)19)16(21)20-13-7-11(17(22)23)6-12(8-13)18(24)25/h3-4,6-9H,2,5,19H2,1H3,(H,20,21)(H,22,23)(H,24,25). The highest BCUT2D eigenvalue weighted by Crippen LogP contribution is 2.24. The fraction of sp³-hybridized carbons (Fsp3) is 0.167. The number of aromatic carboxylic acids is 2. The van der Waals surface area contributed by atoms with E-state index in [1.54, 1.807) is 6.07 Å². The van der Waals surface area contributed by atoms with Gasteiger partial charge in [-0.3, -0.25) is 4.79 Å². The molecule has 0 aliphatic heterocycles. The normalized spacial score (nSPS) is 10.2. The lowest BCUT2D eigenvalue weighted by atomic mass is 10.1. The fourth-order valence-corrected chi connectivity index (χ4v) is 2.18. The van der Waals surface area contributed by atoms with Gasteiger partial charge in [0.05, 0.1) is 23.4 Å². The van der Waals surface area contributed by atoms with E-state index >= 15 is 0 Å². The monoisotopic (exact) mass is 358 g/mol. The fourth-order valence-electron chi connectivity index (χ4n) is 2.18. The van der Waals surface area contributed by atoms with Gasteiger partial charge < -0.3 is 26.0 Å². The summed E-state index contributed by atoms with van der Waals surface area (Å²) in [5.41, 5.74) is 5.93. The van der Waals surface area contributed by atoms with E-state index < -0.39 is 17.8 Å². The van der Waals surface area contributed by atoms with Gasteiger partial charge in [0, 0.05) is 11.3 Å². The van der Waals surface area contributed by atoms with Crippen LogP contribution in [-0.2, 0) is 0 Å². The molecule has 26 heavy (non-hydrogen) atoms. The number of hydrogen-bond donors (Lipinski definition) is 4. The molecule has 8 heteroatoms. The summed E-state index contributed by atoms with van der Waals surface area (Å²) < 4.78 is 5.44. The smallest absolute Gasteiger partial charge is 0.335 e. The van der Waals surface area contributed by atoms with Crippen LogP contribution in [-0.4, -0.2) is 34.7 Å². The molecule has 5 N–H and O–H groups in total. The van der Waals surface area contributed by atoms with Crippen molar-refractivity contribution in [1.29, 1.82) is 0 Å². The summed E-state index contributed by atoms with van der Waals surface area (Å²) in [7, 11) is 0. The van der Waals surface area contributed by atoms with Gasteiger partial charge in [-0.05, 0) is 42.8 Å². The number of amides is 1. The first-order chi connectivity index (χ1) is 12.3. The van der Waals surface area contributed by atoms with E-state index in [-0.39, 0.29) is 28.1 Å². The maximum Gasteiger partial charge on any atom is 0.335 e. The molecule has 0 saturated carbocycles. The van der Waals surface area contributed by atoms with Crippen LogP contribution in [0.5, 0.6) is 5.75 Å². The van der Waals surface area contributed by atoms with Crippen molar-refractivity contribution in [3.63, 3.8) is 0 Å². The zero-order valence-corrected chi connectivity index (χ0v) is 14.0. The van der Waals surface area contributed by atoms with Crippen molar-refractivity contribution in [2.75, 3.05) is 17.7 Å². The van der Waals surface area contributed by atoms with Gasteiger partial charge in [0.15, 0.2) is 0 Å². The van der Waals surface area contributed by atoms with Gasteiger partial charge >= 0.3 is 11.9 Å².